The van der Waals surface area contributed by atoms with Crippen LogP contribution in [0, 0.1) is 6.92 Å². The van der Waals surface area contributed by atoms with Crippen molar-refractivity contribution in [1.82, 2.24) is 29.2 Å². The number of rotatable bonds is 4. The molecule has 2 aromatic carbocycles. The van der Waals surface area contributed by atoms with E-state index < -0.39 is 0 Å². The molecule has 0 spiro atoms. The van der Waals surface area contributed by atoms with Gasteiger partial charge in [-0.3, -0.25) is 19.1 Å². The Hall–Kier alpha value is -3.56. The molecule has 0 N–H and O–H groups in total. The van der Waals surface area contributed by atoms with Crippen molar-refractivity contribution < 1.29 is 9.59 Å². The third-order valence-electron chi connectivity index (χ3n) is 6.97. The molecule has 2 aliphatic rings. The lowest BCUT2D eigenvalue weighted by Crippen LogP contribution is -2.64. The van der Waals surface area contributed by atoms with Crippen LogP contribution in [0.1, 0.15) is 26.0 Å². The molecule has 178 valence electrons. The molecule has 0 aliphatic carbocycles. The molecule has 8 nitrogen and oxygen atoms in total. The Kier molecular flexibility index (Phi) is 5.58. The fourth-order valence-electron chi connectivity index (χ4n) is 5.03. The molecule has 0 unspecified atom stereocenters. The van der Waals surface area contributed by atoms with E-state index >= 15 is 0 Å². The number of piperazine rings is 1. The second kappa shape index (κ2) is 8.90. The Morgan fingerprint density at radius 2 is 1.71 bits per heavy atom. The van der Waals surface area contributed by atoms with Crippen molar-refractivity contribution in [1.29, 1.82) is 0 Å². The number of aromatic nitrogens is 3. The molecule has 2 fully saturated rings. The number of benzene rings is 2. The van der Waals surface area contributed by atoms with E-state index in [0.717, 1.165) is 48.7 Å². The Labute approximate surface area is 207 Å². The van der Waals surface area contributed by atoms with Gasteiger partial charge in [0.1, 0.15) is 5.82 Å². The van der Waals surface area contributed by atoms with Crippen LogP contribution in [0.4, 0.5) is 0 Å². The highest BCUT2D eigenvalue weighted by Gasteiger charge is 2.37. The van der Waals surface area contributed by atoms with E-state index in [2.05, 4.69) is 26.6 Å². The quantitative estimate of drug-likeness (QED) is 0.443. The number of hydrogen-bond donors (Lipinski definition) is 0. The molecule has 2 saturated heterocycles. The van der Waals surface area contributed by atoms with E-state index in [-0.39, 0.29) is 11.8 Å². The minimum absolute atomic E-state index is 0.0189. The van der Waals surface area contributed by atoms with Crippen LogP contribution in [0.3, 0.4) is 0 Å². The summed E-state index contributed by atoms with van der Waals surface area (Å²) in [7, 11) is 0. The van der Waals surface area contributed by atoms with Crippen LogP contribution in [-0.4, -0.2) is 86.4 Å². The van der Waals surface area contributed by atoms with Crippen molar-refractivity contribution >= 4 is 34.2 Å². The van der Waals surface area contributed by atoms with Gasteiger partial charge in [0.05, 0.1) is 11.0 Å². The number of carbonyl (C=O) groups excluding carboxylic acids is 2. The third kappa shape index (κ3) is 4.00. The number of fused-ring (bicyclic) bond motifs is 1. The van der Waals surface area contributed by atoms with Crippen molar-refractivity contribution in [3.63, 3.8) is 0 Å². The Morgan fingerprint density at radius 3 is 2.43 bits per heavy atom. The lowest BCUT2D eigenvalue weighted by atomic mass is 10.0. The van der Waals surface area contributed by atoms with Crippen LogP contribution in [0.25, 0.3) is 16.7 Å². The predicted molar refractivity (Wildman–Crippen MR) is 135 cm³/mol. The first-order valence-corrected chi connectivity index (χ1v) is 12.7. The molecule has 6 rings (SSSR count). The summed E-state index contributed by atoms with van der Waals surface area (Å²) in [4.78, 5) is 40.7. The molecular weight excluding hydrogens is 460 g/mol. The van der Waals surface area contributed by atoms with Crippen molar-refractivity contribution in [2.75, 3.05) is 39.3 Å². The molecule has 2 aromatic heterocycles. The summed E-state index contributed by atoms with van der Waals surface area (Å²) in [6, 6.07) is 16.3. The van der Waals surface area contributed by atoms with Crippen molar-refractivity contribution in [2.45, 2.75) is 13.0 Å². The molecule has 0 atom stereocenters. The van der Waals surface area contributed by atoms with Crippen LogP contribution in [0.2, 0.25) is 0 Å². The lowest BCUT2D eigenvalue weighted by Gasteiger charge is -2.48. The molecular formula is C26H26N6O2S. The topological polar surface area (TPSA) is 74.6 Å². The van der Waals surface area contributed by atoms with Gasteiger partial charge in [0, 0.05) is 68.1 Å². The maximum atomic E-state index is 13.1. The van der Waals surface area contributed by atoms with E-state index in [0.29, 0.717) is 29.7 Å². The van der Waals surface area contributed by atoms with Gasteiger partial charge in [0.25, 0.3) is 11.8 Å². The summed E-state index contributed by atoms with van der Waals surface area (Å²) < 4.78 is 2.11. The highest BCUT2D eigenvalue weighted by Crippen LogP contribution is 2.25. The molecule has 35 heavy (non-hydrogen) atoms. The number of likely N-dealkylation sites (tertiary alicyclic amines) is 1. The summed E-state index contributed by atoms with van der Waals surface area (Å²) in [6.07, 6.45) is 1.67. The number of thiazole rings is 1. The van der Waals surface area contributed by atoms with Crippen molar-refractivity contribution in [3.05, 3.63) is 76.5 Å². The lowest BCUT2D eigenvalue weighted by molar-refractivity contribution is 0.00854. The fraction of sp³-hybridized carbons (Fsp3) is 0.308. The number of imidazole rings is 1. The Morgan fingerprint density at radius 1 is 0.943 bits per heavy atom. The van der Waals surface area contributed by atoms with Crippen LogP contribution < -0.4 is 0 Å². The van der Waals surface area contributed by atoms with Crippen LogP contribution in [0.15, 0.2) is 60.1 Å². The van der Waals surface area contributed by atoms with Gasteiger partial charge in [-0.1, -0.05) is 18.2 Å². The first kappa shape index (κ1) is 21.9. The average Bonchev–Trinajstić information content (AvgIpc) is 3.50. The normalized spacial score (nSPS) is 17.1. The van der Waals surface area contributed by atoms with Crippen molar-refractivity contribution in [2.24, 2.45) is 0 Å². The highest BCUT2D eigenvalue weighted by molar-refractivity contribution is 7.11. The monoisotopic (exact) mass is 486 g/mol. The summed E-state index contributed by atoms with van der Waals surface area (Å²) in [5, 5.41) is 2.39. The van der Waals surface area contributed by atoms with E-state index in [4.69, 9.17) is 4.98 Å². The highest BCUT2D eigenvalue weighted by atomic mass is 32.1. The molecule has 2 aliphatic heterocycles. The number of para-hydroxylation sites is 1. The summed E-state index contributed by atoms with van der Waals surface area (Å²) >= 11 is 1.38. The van der Waals surface area contributed by atoms with E-state index in [1.807, 2.05) is 58.5 Å². The van der Waals surface area contributed by atoms with Crippen LogP contribution >= 0.6 is 11.3 Å². The summed E-state index contributed by atoms with van der Waals surface area (Å²) in [5.41, 5.74) is 3.56. The SMILES string of the molecule is Cc1nc2cc(C(=O)N3CC(N4CCN(C(=O)c5nccs5)CC4)C3)ccc2n1-c1ccccc1. The molecule has 0 saturated carbocycles. The van der Waals surface area contributed by atoms with Gasteiger partial charge in [0.2, 0.25) is 0 Å². The van der Waals surface area contributed by atoms with Crippen LogP contribution in [-0.2, 0) is 0 Å². The first-order valence-electron chi connectivity index (χ1n) is 11.8. The smallest absolute Gasteiger partial charge is 0.282 e. The van der Waals surface area contributed by atoms with Gasteiger partial charge < -0.3 is 9.80 Å². The van der Waals surface area contributed by atoms with Gasteiger partial charge in [-0.2, -0.15) is 0 Å². The minimum Gasteiger partial charge on any atom is -0.335 e. The van der Waals surface area contributed by atoms with Gasteiger partial charge in [-0.05, 0) is 37.3 Å². The van der Waals surface area contributed by atoms with Gasteiger partial charge in [0.15, 0.2) is 5.01 Å². The number of aryl methyl sites for hydroxylation is 1. The van der Waals surface area contributed by atoms with E-state index in [1.54, 1.807) is 6.20 Å². The first-order chi connectivity index (χ1) is 17.1. The van der Waals surface area contributed by atoms with Gasteiger partial charge in [-0.15, -0.1) is 11.3 Å². The Balaban J connectivity index is 1.08. The minimum atomic E-state index is 0.0189. The summed E-state index contributed by atoms with van der Waals surface area (Å²) in [5.74, 6) is 0.963. The molecule has 4 heterocycles. The predicted octanol–water partition coefficient (Wildman–Crippen LogP) is 3.07. The second-order valence-corrected chi connectivity index (χ2v) is 9.96. The Bertz CT molecular complexity index is 1370. The number of amides is 2. The van der Waals surface area contributed by atoms with E-state index in [1.165, 1.54) is 11.3 Å². The number of carbonyl (C=O) groups is 2. The van der Waals surface area contributed by atoms with E-state index in [9.17, 15) is 9.59 Å². The standard InChI is InChI=1S/C26H26N6O2S/c1-18-28-22-15-19(7-8-23(22)32(18)20-5-3-2-4-6-20)25(33)31-16-21(17-31)29-10-12-30(13-11-29)26(34)24-27-9-14-35-24/h2-9,14-15,21H,10-13,16-17H2,1H3. The zero-order chi connectivity index (χ0) is 23.9. The molecule has 0 radical (unpaired) electrons. The molecule has 2 amide bonds. The van der Waals surface area contributed by atoms with Gasteiger partial charge in [-0.25, -0.2) is 9.97 Å². The number of hydrogen-bond acceptors (Lipinski definition) is 6. The maximum Gasteiger partial charge on any atom is 0.282 e. The van der Waals surface area contributed by atoms with Crippen LogP contribution in [0.5, 0.6) is 0 Å². The molecule has 4 aromatic rings. The largest absolute Gasteiger partial charge is 0.335 e. The van der Waals surface area contributed by atoms with Crippen molar-refractivity contribution in [3.8, 4) is 5.69 Å². The average molecular weight is 487 g/mol. The summed E-state index contributed by atoms with van der Waals surface area (Å²) in [6.45, 7) is 6.46. The maximum absolute atomic E-state index is 13.1. The number of nitrogens with zero attached hydrogens (tertiary/aromatic N) is 6. The molecule has 9 heteroatoms. The zero-order valence-electron chi connectivity index (χ0n) is 19.5. The second-order valence-electron chi connectivity index (χ2n) is 9.06. The fourth-order valence-corrected chi connectivity index (χ4v) is 5.63. The third-order valence-corrected chi connectivity index (χ3v) is 7.73. The van der Waals surface area contributed by atoms with Gasteiger partial charge >= 0.3 is 0 Å². The molecule has 0 bridgehead atoms. The zero-order valence-corrected chi connectivity index (χ0v) is 20.3.